The number of rotatable bonds is 6. The lowest BCUT2D eigenvalue weighted by Gasteiger charge is -2.07. The summed E-state index contributed by atoms with van der Waals surface area (Å²) in [5.74, 6) is 0.828. The monoisotopic (exact) mass is 297 g/mol. The van der Waals surface area contributed by atoms with Gasteiger partial charge in [-0.2, -0.15) is 0 Å². The molecule has 0 unspecified atom stereocenters. The molecule has 0 spiro atoms. The van der Waals surface area contributed by atoms with Gasteiger partial charge >= 0.3 is 0 Å². The maximum Gasteiger partial charge on any atom is 0.233 e. The first-order chi connectivity index (χ1) is 10.7. The van der Waals surface area contributed by atoms with Gasteiger partial charge in [0.15, 0.2) is 0 Å². The van der Waals surface area contributed by atoms with Crippen molar-refractivity contribution in [2.24, 2.45) is 5.92 Å². The van der Waals surface area contributed by atoms with Gasteiger partial charge in [0.2, 0.25) is 11.8 Å². The lowest BCUT2D eigenvalue weighted by Crippen LogP contribution is -2.29. The molecule has 1 aliphatic carbocycles. The standard InChI is InChI=1S/C17H19N3O2/c1-12-2-4-13(5-3-12)15-8-9-16(20-19-15)22-11-10-18-17(21)14-6-7-14/h2-5,8-9,14H,6-7,10-11H2,1H3,(H,18,21). The molecule has 1 saturated carbocycles. The Kier molecular flexibility index (Phi) is 4.32. The zero-order chi connectivity index (χ0) is 15.4. The van der Waals surface area contributed by atoms with Crippen molar-refractivity contribution in [1.29, 1.82) is 0 Å². The van der Waals surface area contributed by atoms with E-state index in [0.717, 1.165) is 24.1 Å². The van der Waals surface area contributed by atoms with E-state index >= 15 is 0 Å². The first-order valence-electron chi connectivity index (χ1n) is 7.53. The molecule has 0 radical (unpaired) electrons. The zero-order valence-electron chi connectivity index (χ0n) is 12.6. The molecular formula is C17H19N3O2. The normalized spacial score (nSPS) is 13.7. The lowest BCUT2D eigenvalue weighted by atomic mass is 10.1. The summed E-state index contributed by atoms with van der Waals surface area (Å²) in [5.41, 5.74) is 3.06. The number of benzene rings is 1. The molecule has 0 saturated heterocycles. The van der Waals surface area contributed by atoms with Crippen molar-refractivity contribution in [3.05, 3.63) is 42.0 Å². The molecule has 1 amide bonds. The van der Waals surface area contributed by atoms with Gasteiger partial charge in [0.05, 0.1) is 12.2 Å². The highest BCUT2D eigenvalue weighted by Gasteiger charge is 2.28. The van der Waals surface area contributed by atoms with Gasteiger partial charge in [-0.1, -0.05) is 29.8 Å². The molecule has 114 valence electrons. The van der Waals surface area contributed by atoms with Crippen LogP contribution in [-0.4, -0.2) is 29.3 Å². The van der Waals surface area contributed by atoms with Gasteiger partial charge in [-0.05, 0) is 25.8 Å². The van der Waals surface area contributed by atoms with E-state index < -0.39 is 0 Å². The molecule has 2 aromatic rings. The smallest absolute Gasteiger partial charge is 0.233 e. The highest BCUT2D eigenvalue weighted by Crippen LogP contribution is 2.28. The Morgan fingerprint density at radius 2 is 1.95 bits per heavy atom. The maximum absolute atomic E-state index is 11.4. The van der Waals surface area contributed by atoms with E-state index in [4.69, 9.17) is 4.74 Å². The molecule has 0 atom stereocenters. The summed E-state index contributed by atoms with van der Waals surface area (Å²) >= 11 is 0. The summed E-state index contributed by atoms with van der Waals surface area (Å²) in [6.45, 7) is 2.95. The second-order valence-electron chi connectivity index (χ2n) is 5.54. The number of nitrogens with zero attached hydrogens (tertiary/aromatic N) is 2. The van der Waals surface area contributed by atoms with Crippen molar-refractivity contribution in [3.63, 3.8) is 0 Å². The van der Waals surface area contributed by atoms with Crippen LogP contribution in [0.2, 0.25) is 0 Å². The average Bonchev–Trinajstić information content (AvgIpc) is 3.38. The van der Waals surface area contributed by atoms with Crippen LogP contribution >= 0.6 is 0 Å². The Hall–Kier alpha value is -2.43. The number of hydrogen-bond donors (Lipinski definition) is 1. The summed E-state index contributed by atoms with van der Waals surface area (Å²) in [4.78, 5) is 11.4. The third-order valence-corrected chi connectivity index (χ3v) is 3.59. The summed E-state index contributed by atoms with van der Waals surface area (Å²) in [5, 5.41) is 11.1. The van der Waals surface area contributed by atoms with Crippen LogP contribution < -0.4 is 10.1 Å². The Bertz CT molecular complexity index is 634. The minimum Gasteiger partial charge on any atom is -0.475 e. The average molecular weight is 297 g/mol. The van der Waals surface area contributed by atoms with Gasteiger partial charge in [-0.3, -0.25) is 4.79 Å². The van der Waals surface area contributed by atoms with Crippen molar-refractivity contribution >= 4 is 5.91 Å². The largest absolute Gasteiger partial charge is 0.475 e. The fraction of sp³-hybridized carbons (Fsp3) is 0.353. The van der Waals surface area contributed by atoms with Crippen molar-refractivity contribution in [2.75, 3.05) is 13.2 Å². The van der Waals surface area contributed by atoms with Crippen LogP contribution in [0.5, 0.6) is 5.88 Å². The van der Waals surface area contributed by atoms with E-state index in [9.17, 15) is 4.79 Å². The first kappa shape index (κ1) is 14.5. The predicted molar refractivity (Wildman–Crippen MR) is 83.4 cm³/mol. The summed E-state index contributed by atoms with van der Waals surface area (Å²) in [6.07, 6.45) is 2.03. The Balaban J connectivity index is 1.48. The molecule has 1 aromatic heterocycles. The van der Waals surface area contributed by atoms with Crippen LogP contribution in [0.1, 0.15) is 18.4 Å². The number of amides is 1. The van der Waals surface area contributed by atoms with E-state index in [1.54, 1.807) is 6.07 Å². The fourth-order valence-corrected chi connectivity index (χ4v) is 2.09. The summed E-state index contributed by atoms with van der Waals surface area (Å²) in [6, 6.07) is 11.8. The van der Waals surface area contributed by atoms with Crippen LogP contribution in [0, 0.1) is 12.8 Å². The summed E-state index contributed by atoms with van der Waals surface area (Å²) in [7, 11) is 0. The molecule has 3 rings (SSSR count). The van der Waals surface area contributed by atoms with Gasteiger partial charge in [0.1, 0.15) is 6.61 Å². The molecule has 5 nitrogen and oxygen atoms in total. The van der Waals surface area contributed by atoms with Gasteiger partial charge in [-0.25, -0.2) is 0 Å². The van der Waals surface area contributed by atoms with Crippen molar-refractivity contribution < 1.29 is 9.53 Å². The number of carbonyl (C=O) groups excluding carboxylic acids is 1. The van der Waals surface area contributed by atoms with Gasteiger partial charge in [-0.15, -0.1) is 10.2 Å². The molecule has 5 heteroatoms. The predicted octanol–water partition coefficient (Wildman–Crippen LogP) is 2.36. The molecule has 22 heavy (non-hydrogen) atoms. The van der Waals surface area contributed by atoms with E-state index in [1.807, 2.05) is 30.3 Å². The van der Waals surface area contributed by atoms with Gasteiger partial charge in [0.25, 0.3) is 0 Å². The van der Waals surface area contributed by atoms with Crippen molar-refractivity contribution in [1.82, 2.24) is 15.5 Å². The summed E-state index contributed by atoms with van der Waals surface area (Å²) < 4.78 is 5.48. The first-order valence-corrected chi connectivity index (χ1v) is 7.53. The van der Waals surface area contributed by atoms with Crippen molar-refractivity contribution in [2.45, 2.75) is 19.8 Å². The Morgan fingerprint density at radius 1 is 1.18 bits per heavy atom. The topological polar surface area (TPSA) is 64.1 Å². The fourth-order valence-electron chi connectivity index (χ4n) is 2.09. The SMILES string of the molecule is Cc1ccc(-c2ccc(OCCNC(=O)C3CC3)nn2)cc1. The minimum absolute atomic E-state index is 0.129. The minimum atomic E-state index is 0.129. The highest BCUT2D eigenvalue weighted by atomic mass is 16.5. The molecule has 1 N–H and O–H groups in total. The Morgan fingerprint density at radius 3 is 2.59 bits per heavy atom. The molecule has 1 heterocycles. The maximum atomic E-state index is 11.4. The second kappa shape index (κ2) is 6.56. The number of aromatic nitrogens is 2. The highest BCUT2D eigenvalue weighted by molar-refractivity contribution is 5.80. The molecular weight excluding hydrogens is 278 g/mol. The van der Waals surface area contributed by atoms with Crippen LogP contribution in [-0.2, 0) is 4.79 Å². The lowest BCUT2D eigenvalue weighted by molar-refractivity contribution is -0.122. The number of carbonyl (C=O) groups is 1. The molecule has 0 aliphatic heterocycles. The molecule has 1 aliphatic rings. The Labute approximate surface area is 129 Å². The van der Waals surface area contributed by atoms with Crippen LogP contribution in [0.3, 0.4) is 0 Å². The van der Waals surface area contributed by atoms with Crippen LogP contribution in [0.4, 0.5) is 0 Å². The van der Waals surface area contributed by atoms with E-state index in [-0.39, 0.29) is 11.8 Å². The third-order valence-electron chi connectivity index (χ3n) is 3.59. The van der Waals surface area contributed by atoms with E-state index in [0.29, 0.717) is 19.0 Å². The van der Waals surface area contributed by atoms with Crippen molar-refractivity contribution in [3.8, 4) is 17.1 Å². The van der Waals surface area contributed by atoms with Gasteiger partial charge < -0.3 is 10.1 Å². The van der Waals surface area contributed by atoms with Gasteiger partial charge in [0, 0.05) is 17.5 Å². The van der Waals surface area contributed by atoms with E-state index in [2.05, 4.69) is 22.4 Å². The van der Waals surface area contributed by atoms with Crippen LogP contribution in [0.25, 0.3) is 11.3 Å². The van der Waals surface area contributed by atoms with Crippen LogP contribution in [0.15, 0.2) is 36.4 Å². The number of ether oxygens (including phenoxy) is 1. The molecule has 1 fully saturated rings. The quantitative estimate of drug-likeness (QED) is 0.831. The third kappa shape index (κ3) is 3.81. The number of aryl methyl sites for hydroxylation is 1. The van der Waals surface area contributed by atoms with E-state index in [1.165, 1.54) is 5.56 Å². The molecule has 1 aromatic carbocycles. The number of nitrogens with one attached hydrogen (secondary N) is 1. The number of hydrogen-bond acceptors (Lipinski definition) is 4. The zero-order valence-corrected chi connectivity index (χ0v) is 12.6. The molecule has 0 bridgehead atoms. The second-order valence-corrected chi connectivity index (χ2v) is 5.54.